The van der Waals surface area contributed by atoms with Gasteiger partial charge >= 0.3 is 0 Å². The maximum absolute atomic E-state index is 6.13. The van der Waals surface area contributed by atoms with E-state index in [9.17, 15) is 0 Å². The zero-order chi connectivity index (χ0) is 13.8. The Labute approximate surface area is 128 Å². The van der Waals surface area contributed by atoms with Gasteiger partial charge in [-0.3, -0.25) is 4.90 Å². The monoisotopic (exact) mass is 290 g/mol. The summed E-state index contributed by atoms with van der Waals surface area (Å²) in [4.78, 5) is 2.67. The third kappa shape index (κ3) is 2.36. The average Bonchev–Trinajstić information content (AvgIpc) is 2.93. The lowest BCUT2D eigenvalue weighted by Gasteiger charge is -2.55. The highest BCUT2D eigenvalue weighted by atomic mass is 16.5. The van der Waals surface area contributed by atoms with Crippen LogP contribution in [0.3, 0.4) is 0 Å². The lowest BCUT2D eigenvalue weighted by atomic mass is 9.54. The lowest BCUT2D eigenvalue weighted by Crippen LogP contribution is -2.57. The highest BCUT2D eigenvalue weighted by molar-refractivity contribution is 5.01. The van der Waals surface area contributed by atoms with Gasteiger partial charge in [-0.25, -0.2) is 0 Å². The Bertz CT molecular complexity index is 371. The number of nitrogens with one attached hydrogen (secondary N) is 1. The van der Waals surface area contributed by atoms with E-state index in [0.29, 0.717) is 6.10 Å². The van der Waals surface area contributed by atoms with Crippen LogP contribution in [0.1, 0.15) is 44.9 Å². The summed E-state index contributed by atoms with van der Waals surface area (Å²) >= 11 is 0. The topological polar surface area (TPSA) is 24.5 Å². The maximum Gasteiger partial charge on any atom is 0.0827 e. The van der Waals surface area contributed by atoms with E-state index >= 15 is 0 Å². The number of morpholine rings is 1. The van der Waals surface area contributed by atoms with Gasteiger partial charge in [-0.15, -0.1) is 0 Å². The van der Waals surface area contributed by atoms with Crippen LogP contribution < -0.4 is 5.32 Å². The normalized spacial score (nSPS) is 52.3. The van der Waals surface area contributed by atoms with Gasteiger partial charge in [0, 0.05) is 25.2 Å². The van der Waals surface area contributed by atoms with E-state index in [2.05, 4.69) is 10.2 Å². The van der Waals surface area contributed by atoms with Gasteiger partial charge < -0.3 is 10.1 Å². The summed E-state index contributed by atoms with van der Waals surface area (Å²) in [5.74, 6) is 4.15. The van der Waals surface area contributed by atoms with Crippen molar-refractivity contribution in [1.82, 2.24) is 10.2 Å². The first-order valence-corrected chi connectivity index (χ1v) is 9.44. The summed E-state index contributed by atoms with van der Waals surface area (Å²) in [6.45, 7) is 4.55. The van der Waals surface area contributed by atoms with Gasteiger partial charge in [0.25, 0.3) is 0 Å². The number of ether oxygens (including phenoxy) is 1. The number of rotatable bonds is 3. The number of fused-ring (bicyclic) bond motifs is 1. The molecule has 2 atom stereocenters. The van der Waals surface area contributed by atoms with E-state index in [-0.39, 0.29) is 0 Å². The van der Waals surface area contributed by atoms with Crippen LogP contribution in [0.2, 0.25) is 0 Å². The molecule has 3 nitrogen and oxygen atoms in total. The minimum Gasteiger partial charge on any atom is -0.374 e. The Balaban J connectivity index is 1.17. The molecule has 0 aromatic heterocycles. The Hall–Kier alpha value is -0.120. The third-order valence-electron chi connectivity index (χ3n) is 7.27. The number of hydrogen-bond acceptors (Lipinski definition) is 3. The predicted octanol–water partition coefficient (Wildman–Crippen LogP) is 2.26. The summed E-state index contributed by atoms with van der Waals surface area (Å²) in [5, 5.41) is 3.96. The molecule has 0 aromatic rings. The molecule has 0 aromatic carbocycles. The van der Waals surface area contributed by atoms with E-state index in [4.69, 9.17) is 4.74 Å². The van der Waals surface area contributed by atoms with Crippen LogP contribution in [0.15, 0.2) is 0 Å². The smallest absolute Gasteiger partial charge is 0.0827 e. The van der Waals surface area contributed by atoms with Gasteiger partial charge in [-0.05, 0) is 75.2 Å². The second-order valence-electron chi connectivity index (χ2n) is 8.61. The molecule has 2 unspecified atom stereocenters. The molecule has 118 valence electrons. The van der Waals surface area contributed by atoms with E-state index in [1.54, 1.807) is 6.42 Å². The lowest BCUT2D eigenvalue weighted by molar-refractivity contribution is -0.0583. The molecular weight excluding hydrogens is 260 g/mol. The molecule has 0 radical (unpaired) electrons. The fraction of sp³-hybridized carbons (Fsp3) is 1.00. The molecule has 4 bridgehead atoms. The first-order valence-electron chi connectivity index (χ1n) is 9.44. The van der Waals surface area contributed by atoms with Crippen molar-refractivity contribution in [2.75, 3.05) is 26.2 Å². The van der Waals surface area contributed by atoms with Crippen LogP contribution in [-0.4, -0.2) is 49.3 Å². The van der Waals surface area contributed by atoms with Crippen molar-refractivity contribution in [3.63, 3.8) is 0 Å². The van der Waals surface area contributed by atoms with Crippen molar-refractivity contribution in [3.05, 3.63) is 0 Å². The van der Waals surface area contributed by atoms with Crippen molar-refractivity contribution in [2.45, 2.75) is 63.1 Å². The van der Waals surface area contributed by atoms with E-state index < -0.39 is 0 Å². The Morgan fingerprint density at radius 3 is 2.52 bits per heavy atom. The number of hydrogen-bond donors (Lipinski definition) is 1. The molecule has 4 aliphatic carbocycles. The van der Waals surface area contributed by atoms with Crippen molar-refractivity contribution in [2.24, 2.45) is 23.7 Å². The molecule has 6 aliphatic rings. The van der Waals surface area contributed by atoms with Crippen LogP contribution in [0.4, 0.5) is 0 Å². The number of nitrogens with zero attached hydrogens (tertiary/aromatic N) is 1. The summed E-state index contributed by atoms with van der Waals surface area (Å²) in [6, 6.07) is 1.56. The van der Waals surface area contributed by atoms with Gasteiger partial charge in [0.05, 0.1) is 12.7 Å². The van der Waals surface area contributed by atoms with Crippen LogP contribution in [0, 0.1) is 23.7 Å². The SMILES string of the molecule is C1CC2COC(CNC3C4CC5CC(C4)CC3C5)CN2C1. The molecule has 3 heteroatoms. The van der Waals surface area contributed by atoms with Crippen LogP contribution >= 0.6 is 0 Å². The first-order chi connectivity index (χ1) is 10.3. The summed E-state index contributed by atoms with van der Waals surface area (Å²) < 4.78 is 6.13. The van der Waals surface area contributed by atoms with Gasteiger partial charge in [-0.1, -0.05) is 0 Å². The van der Waals surface area contributed by atoms with Gasteiger partial charge in [0.2, 0.25) is 0 Å². The zero-order valence-electron chi connectivity index (χ0n) is 13.2. The Kier molecular flexibility index (Phi) is 3.31. The average molecular weight is 290 g/mol. The van der Waals surface area contributed by atoms with E-state index in [0.717, 1.165) is 48.9 Å². The summed E-state index contributed by atoms with van der Waals surface area (Å²) in [7, 11) is 0. The molecule has 6 fully saturated rings. The van der Waals surface area contributed by atoms with Crippen LogP contribution in [-0.2, 0) is 4.74 Å². The van der Waals surface area contributed by atoms with Crippen LogP contribution in [0.5, 0.6) is 0 Å². The highest BCUT2D eigenvalue weighted by Gasteiger charge is 2.48. The largest absolute Gasteiger partial charge is 0.374 e. The molecular formula is C18H30N2O. The fourth-order valence-corrected chi connectivity index (χ4v) is 6.54. The quantitative estimate of drug-likeness (QED) is 0.863. The molecule has 6 rings (SSSR count). The second kappa shape index (κ2) is 5.21. The highest BCUT2D eigenvalue weighted by Crippen LogP contribution is 2.53. The third-order valence-corrected chi connectivity index (χ3v) is 7.27. The predicted molar refractivity (Wildman–Crippen MR) is 83.2 cm³/mol. The molecule has 4 saturated carbocycles. The minimum absolute atomic E-state index is 0.441. The van der Waals surface area contributed by atoms with Crippen molar-refractivity contribution in [3.8, 4) is 0 Å². The Morgan fingerprint density at radius 2 is 1.76 bits per heavy atom. The van der Waals surface area contributed by atoms with Crippen molar-refractivity contribution < 1.29 is 4.74 Å². The second-order valence-corrected chi connectivity index (χ2v) is 8.61. The van der Waals surface area contributed by atoms with Gasteiger partial charge in [0.1, 0.15) is 0 Å². The first kappa shape index (κ1) is 13.3. The van der Waals surface area contributed by atoms with Crippen LogP contribution in [0.25, 0.3) is 0 Å². The van der Waals surface area contributed by atoms with Gasteiger partial charge in [-0.2, -0.15) is 0 Å². The molecule has 2 saturated heterocycles. The summed E-state index contributed by atoms with van der Waals surface area (Å²) in [5.41, 5.74) is 0. The molecule has 0 spiro atoms. The van der Waals surface area contributed by atoms with Crippen molar-refractivity contribution >= 4 is 0 Å². The van der Waals surface area contributed by atoms with E-state index in [1.807, 2.05) is 0 Å². The molecule has 2 aliphatic heterocycles. The summed E-state index contributed by atoms with van der Waals surface area (Å²) in [6.07, 6.45) is 10.8. The fourth-order valence-electron chi connectivity index (χ4n) is 6.54. The zero-order valence-corrected chi connectivity index (χ0v) is 13.2. The van der Waals surface area contributed by atoms with Gasteiger partial charge in [0.15, 0.2) is 0 Å². The van der Waals surface area contributed by atoms with E-state index in [1.165, 1.54) is 51.6 Å². The molecule has 2 heterocycles. The Morgan fingerprint density at radius 1 is 1.00 bits per heavy atom. The van der Waals surface area contributed by atoms with Crippen molar-refractivity contribution in [1.29, 1.82) is 0 Å². The maximum atomic E-state index is 6.13. The standard InChI is InChI=1S/C18H30N2O/c1-2-16-11-21-17(10-20(16)3-1)9-19-18-14-5-12-4-13(7-14)8-15(18)6-12/h12-19H,1-11H2. The molecule has 1 N–H and O–H groups in total. The minimum atomic E-state index is 0.441. The molecule has 21 heavy (non-hydrogen) atoms. The molecule has 0 amide bonds.